The lowest BCUT2D eigenvalue weighted by molar-refractivity contribution is -0.159. The number of nitrogens with one attached hydrogen (secondary N) is 2. The van der Waals surface area contributed by atoms with Crippen LogP contribution < -0.4 is 10.7 Å². The summed E-state index contributed by atoms with van der Waals surface area (Å²) in [6, 6.07) is 5.51. The first kappa shape index (κ1) is 22.7. The van der Waals surface area contributed by atoms with Crippen molar-refractivity contribution < 1.29 is 19.6 Å². The summed E-state index contributed by atoms with van der Waals surface area (Å²) in [6.45, 7) is 1.46. The molecule has 8 heteroatoms. The second-order valence-electron chi connectivity index (χ2n) is 9.35. The highest BCUT2D eigenvalue weighted by Crippen LogP contribution is 2.32. The van der Waals surface area contributed by atoms with Crippen LogP contribution in [0.1, 0.15) is 56.1 Å². The molecule has 3 N–H and O–H groups in total. The number of amides is 2. The standard InChI is InChI=1S/C24H34N4O4/c29-16-27(32)15-19(13-17-5-1-2-6-17)24(31)28-22(10-12-26-28)23(30)14-18-7-3-9-21-20(18)8-4-11-25-21/h3,7,9,16-17,19,22,25-26,32H,1-2,4-6,8,10-15H2/t19-,22+/m1/s1. The number of anilines is 1. The SMILES string of the molecule is O=CN(O)C[C@@H](CC1CCCC1)C(=O)N1NCC[C@H]1C(=O)Cc1cccc2c1CCCN2. The molecule has 1 aliphatic carbocycles. The number of hydrazine groups is 1. The molecule has 2 heterocycles. The maximum absolute atomic E-state index is 13.4. The Labute approximate surface area is 189 Å². The molecule has 3 aliphatic rings. The highest BCUT2D eigenvalue weighted by molar-refractivity contribution is 5.91. The number of nitrogens with zero attached hydrogens (tertiary/aromatic N) is 2. The highest BCUT2D eigenvalue weighted by atomic mass is 16.5. The predicted octanol–water partition coefficient (Wildman–Crippen LogP) is 2.31. The Balaban J connectivity index is 1.46. The molecule has 174 valence electrons. The van der Waals surface area contributed by atoms with Gasteiger partial charge >= 0.3 is 0 Å². The van der Waals surface area contributed by atoms with Crippen molar-refractivity contribution in [2.24, 2.45) is 11.8 Å². The first-order valence-corrected chi connectivity index (χ1v) is 11.9. The van der Waals surface area contributed by atoms with Crippen molar-refractivity contribution in [3.05, 3.63) is 29.3 Å². The van der Waals surface area contributed by atoms with Crippen molar-refractivity contribution in [2.45, 2.75) is 63.8 Å². The van der Waals surface area contributed by atoms with Crippen LogP contribution in [0.15, 0.2) is 18.2 Å². The van der Waals surface area contributed by atoms with E-state index in [-0.39, 0.29) is 18.2 Å². The van der Waals surface area contributed by atoms with Gasteiger partial charge in [0.1, 0.15) is 6.04 Å². The molecule has 4 rings (SSSR count). The van der Waals surface area contributed by atoms with E-state index in [0.717, 1.165) is 56.3 Å². The van der Waals surface area contributed by atoms with Gasteiger partial charge in [-0.05, 0) is 48.8 Å². The molecule has 8 nitrogen and oxygen atoms in total. The van der Waals surface area contributed by atoms with E-state index in [4.69, 9.17) is 0 Å². The Morgan fingerprint density at radius 3 is 2.78 bits per heavy atom. The average molecular weight is 443 g/mol. The third kappa shape index (κ3) is 5.13. The zero-order valence-electron chi connectivity index (χ0n) is 18.6. The van der Waals surface area contributed by atoms with E-state index < -0.39 is 12.0 Å². The first-order chi connectivity index (χ1) is 15.6. The molecule has 32 heavy (non-hydrogen) atoms. The van der Waals surface area contributed by atoms with Crippen LogP contribution in [0, 0.1) is 11.8 Å². The van der Waals surface area contributed by atoms with E-state index in [0.29, 0.717) is 43.2 Å². The summed E-state index contributed by atoms with van der Waals surface area (Å²) in [7, 11) is 0. The van der Waals surface area contributed by atoms with Gasteiger partial charge in [-0.25, -0.2) is 10.5 Å². The third-order valence-corrected chi connectivity index (χ3v) is 7.15. The summed E-state index contributed by atoms with van der Waals surface area (Å²) >= 11 is 0. The molecule has 2 fully saturated rings. The summed E-state index contributed by atoms with van der Waals surface area (Å²) in [6.07, 6.45) is 8.28. The Hall–Kier alpha value is -2.45. The molecule has 1 saturated heterocycles. The minimum absolute atomic E-state index is 0.0261. The number of fused-ring (bicyclic) bond motifs is 1. The largest absolute Gasteiger partial charge is 0.385 e. The number of benzene rings is 1. The topological polar surface area (TPSA) is 102 Å². The summed E-state index contributed by atoms with van der Waals surface area (Å²) in [4.78, 5) is 37.7. The monoisotopic (exact) mass is 442 g/mol. The van der Waals surface area contributed by atoms with Crippen LogP contribution in [0.25, 0.3) is 0 Å². The lowest BCUT2D eigenvalue weighted by Crippen LogP contribution is -2.51. The Kier molecular flexibility index (Phi) is 7.42. The fraction of sp³-hybridized carbons (Fsp3) is 0.625. The summed E-state index contributed by atoms with van der Waals surface area (Å²) in [5, 5.41) is 15.2. The number of hydrogen-bond acceptors (Lipinski definition) is 6. The number of Topliss-reactive ketones (excluding diaryl/α,β-unsaturated/α-hetero) is 1. The Bertz CT molecular complexity index is 839. The number of rotatable bonds is 9. The minimum Gasteiger partial charge on any atom is -0.385 e. The molecule has 1 aromatic carbocycles. The lowest BCUT2D eigenvalue weighted by Gasteiger charge is -2.30. The van der Waals surface area contributed by atoms with Gasteiger partial charge in [-0.3, -0.25) is 24.6 Å². The lowest BCUT2D eigenvalue weighted by atomic mass is 9.90. The number of carbonyl (C=O) groups is 3. The van der Waals surface area contributed by atoms with Crippen LogP contribution in [0.4, 0.5) is 5.69 Å². The van der Waals surface area contributed by atoms with E-state index in [2.05, 4.69) is 16.8 Å². The van der Waals surface area contributed by atoms with Crippen LogP contribution in [-0.4, -0.2) is 59.1 Å². The molecular weight excluding hydrogens is 408 g/mol. The van der Waals surface area contributed by atoms with Crippen LogP contribution in [-0.2, 0) is 27.2 Å². The number of carbonyl (C=O) groups excluding carboxylic acids is 3. The van der Waals surface area contributed by atoms with Gasteiger partial charge in [0.15, 0.2) is 5.78 Å². The van der Waals surface area contributed by atoms with Gasteiger partial charge in [0.05, 0.1) is 12.5 Å². The summed E-state index contributed by atoms with van der Waals surface area (Å²) < 4.78 is 0. The molecule has 0 radical (unpaired) electrons. The molecule has 0 bridgehead atoms. The molecule has 2 atom stereocenters. The van der Waals surface area contributed by atoms with Gasteiger partial charge in [0.25, 0.3) is 0 Å². The van der Waals surface area contributed by atoms with Crippen LogP contribution in [0.3, 0.4) is 0 Å². The smallest absolute Gasteiger partial charge is 0.242 e. The quantitative estimate of drug-likeness (QED) is 0.308. The summed E-state index contributed by atoms with van der Waals surface area (Å²) in [5.41, 5.74) is 6.44. The van der Waals surface area contributed by atoms with Crippen LogP contribution >= 0.6 is 0 Å². The Morgan fingerprint density at radius 2 is 2.00 bits per heavy atom. The van der Waals surface area contributed by atoms with E-state index in [1.165, 1.54) is 10.6 Å². The maximum Gasteiger partial charge on any atom is 0.242 e. The molecule has 2 amide bonds. The average Bonchev–Trinajstić information content (AvgIpc) is 3.50. The minimum atomic E-state index is -0.525. The summed E-state index contributed by atoms with van der Waals surface area (Å²) in [5.74, 6) is -0.282. The van der Waals surface area contributed by atoms with E-state index in [1.807, 2.05) is 12.1 Å². The fourth-order valence-electron chi connectivity index (χ4n) is 5.52. The van der Waals surface area contributed by atoms with Crippen molar-refractivity contribution in [3.63, 3.8) is 0 Å². The maximum atomic E-state index is 13.4. The molecule has 1 aromatic rings. The number of hydrogen-bond donors (Lipinski definition) is 3. The molecule has 1 saturated carbocycles. The predicted molar refractivity (Wildman–Crippen MR) is 120 cm³/mol. The van der Waals surface area contributed by atoms with Crippen molar-refractivity contribution in [1.29, 1.82) is 0 Å². The van der Waals surface area contributed by atoms with Gasteiger partial charge in [-0.15, -0.1) is 0 Å². The fourth-order valence-corrected chi connectivity index (χ4v) is 5.52. The van der Waals surface area contributed by atoms with Crippen molar-refractivity contribution in [1.82, 2.24) is 15.5 Å². The van der Waals surface area contributed by atoms with Gasteiger partial charge in [0, 0.05) is 25.2 Å². The van der Waals surface area contributed by atoms with E-state index in [1.54, 1.807) is 0 Å². The van der Waals surface area contributed by atoms with Crippen molar-refractivity contribution >= 4 is 23.8 Å². The van der Waals surface area contributed by atoms with Gasteiger partial charge in [-0.2, -0.15) is 0 Å². The number of hydroxylamine groups is 2. The second-order valence-corrected chi connectivity index (χ2v) is 9.35. The molecule has 2 aliphatic heterocycles. The number of ketones is 1. The van der Waals surface area contributed by atoms with Gasteiger partial charge < -0.3 is 5.32 Å². The van der Waals surface area contributed by atoms with Crippen molar-refractivity contribution in [3.8, 4) is 0 Å². The highest BCUT2D eigenvalue weighted by Gasteiger charge is 2.38. The zero-order valence-corrected chi connectivity index (χ0v) is 18.6. The van der Waals surface area contributed by atoms with E-state index >= 15 is 0 Å². The molecular formula is C24H34N4O4. The van der Waals surface area contributed by atoms with Crippen LogP contribution in [0.5, 0.6) is 0 Å². The van der Waals surface area contributed by atoms with Crippen LogP contribution in [0.2, 0.25) is 0 Å². The van der Waals surface area contributed by atoms with E-state index in [9.17, 15) is 19.6 Å². The van der Waals surface area contributed by atoms with Gasteiger partial charge in [0.2, 0.25) is 12.3 Å². The normalized spacial score (nSPS) is 21.7. The third-order valence-electron chi connectivity index (χ3n) is 7.15. The first-order valence-electron chi connectivity index (χ1n) is 11.9. The molecule has 0 aromatic heterocycles. The molecule has 0 spiro atoms. The second kappa shape index (κ2) is 10.4. The zero-order chi connectivity index (χ0) is 22.5. The molecule has 0 unspecified atom stereocenters. The Morgan fingerprint density at radius 1 is 1.19 bits per heavy atom. The van der Waals surface area contributed by atoms with Crippen molar-refractivity contribution in [2.75, 3.05) is 25.0 Å². The van der Waals surface area contributed by atoms with Gasteiger partial charge in [-0.1, -0.05) is 37.8 Å².